The van der Waals surface area contributed by atoms with E-state index in [1.54, 1.807) is 0 Å². The minimum Gasteiger partial charge on any atom is -0.456 e. The summed E-state index contributed by atoms with van der Waals surface area (Å²) in [6.45, 7) is -1.31. The first kappa shape index (κ1) is 24.1. The van der Waals surface area contributed by atoms with Gasteiger partial charge in [-0.05, 0) is 25.0 Å². The number of halogens is 2. The molecule has 1 aliphatic heterocycles. The summed E-state index contributed by atoms with van der Waals surface area (Å²) >= 11 is 0. The molecule has 3 rings (SSSR count). The van der Waals surface area contributed by atoms with Gasteiger partial charge in [-0.15, -0.1) is 0 Å². The maximum Gasteiger partial charge on any atom is 0.325 e. The Morgan fingerprint density at radius 3 is 2.48 bits per heavy atom. The number of urea groups is 1. The molecular weight excluding hydrogens is 442 g/mol. The molecule has 0 atom stereocenters. The van der Waals surface area contributed by atoms with Crippen molar-refractivity contribution in [2.75, 3.05) is 25.0 Å². The highest BCUT2D eigenvalue weighted by Gasteiger charge is 2.51. The second kappa shape index (κ2) is 10.4. The topological polar surface area (TPSA) is 134 Å². The second-order valence-electron chi connectivity index (χ2n) is 7.89. The Morgan fingerprint density at radius 2 is 1.79 bits per heavy atom. The van der Waals surface area contributed by atoms with E-state index in [0.29, 0.717) is 12.8 Å². The maximum atomic E-state index is 13.1. The zero-order valence-corrected chi connectivity index (χ0v) is 17.7. The van der Waals surface area contributed by atoms with Gasteiger partial charge in [-0.3, -0.25) is 24.1 Å². The molecule has 33 heavy (non-hydrogen) atoms. The third-order valence-electron chi connectivity index (χ3n) is 5.51. The summed E-state index contributed by atoms with van der Waals surface area (Å²) in [6.07, 6.45) is 3.56. The van der Waals surface area contributed by atoms with Crippen LogP contribution in [0.1, 0.15) is 38.5 Å². The summed E-state index contributed by atoms with van der Waals surface area (Å²) in [5, 5.41) is 7.22. The molecule has 0 radical (unpaired) electrons. The van der Waals surface area contributed by atoms with E-state index in [2.05, 4.69) is 16.0 Å². The van der Waals surface area contributed by atoms with Gasteiger partial charge in [-0.2, -0.15) is 0 Å². The minimum atomic E-state index is -1.13. The number of esters is 1. The van der Waals surface area contributed by atoms with Crippen LogP contribution in [0.2, 0.25) is 0 Å². The Kier molecular flexibility index (Phi) is 7.56. The Labute approximate surface area is 188 Å². The van der Waals surface area contributed by atoms with E-state index in [9.17, 15) is 32.8 Å². The fraction of sp³-hybridized carbons (Fsp3) is 0.476. The molecule has 1 spiro atoms. The number of hydrogen-bond acceptors (Lipinski definition) is 6. The molecule has 1 aliphatic carbocycles. The number of rotatable bonds is 8. The predicted molar refractivity (Wildman–Crippen MR) is 110 cm³/mol. The van der Waals surface area contributed by atoms with Gasteiger partial charge in [0.05, 0.1) is 13.0 Å². The number of nitrogens with zero attached hydrogens (tertiary/aromatic N) is 1. The van der Waals surface area contributed by atoms with Gasteiger partial charge in [0, 0.05) is 18.3 Å². The van der Waals surface area contributed by atoms with Crippen LogP contribution < -0.4 is 16.0 Å². The molecule has 0 aromatic heterocycles. The molecule has 1 aromatic carbocycles. The Morgan fingerprint density at radius 1 is 1.06 bits per heavy atom. The van der Waals surface area contributed by atoms with Gasteiger partial charge in [0.2, 0.25) is 5.91 Å². The van der Waals surface area contributed by atoms with Crippen LogP contribution in [0.4, 0.5) is 19.3 Å². The van der Waals surface area contributed by atoms with Crippen molar-refractivity contribution in [1.82, 2.24) is 15.5 Å². The van der Waals surface area contributed by atoms with Crippen LogP contribution in [0.15, 0.2) is 18.2 Å². The van der Waals surface area contributed by atoms with E-state index in [4.69, 9.17) is 4.74 Å². The van der Waals surface area contributed by atoms with Crippen molar-refractivity contribution in [2.24, 2.45) is 0 Å². The number of ether oxygens (including phenoxy) is 1. The van der Waals surface area contributed by atoms with Crippen molar-refractivity contribution in [3.05, 3.63) is 29.8 Å². The molecule has 12 heteroatoms. The summed E-state index contributed by atoms with van der Waals surface area (Å²) < 4.78 is 30.8. The molecule has 2 fully saturated rings. The summed E-state index contributed by atoms with van der Waals surface area (Å²) in [7, 11) is 0. The van der Waals surface area contributed by atoms with Crippen LogP contribution in [-0.4, -0.2) is 59.9 Å². The van der Waals surface area contributed by atoms with E-state index in [1.165, 1.54) is 0 Å². The van der Waals surface area contributed by atoms with Crippen LogP contribution in [0.25, 0.3) is 0 Å². The molecule has 1 aromatic rings. The van der Waals surface area contributed by atoms with Crippen molar-refractivity contribution in [2.45, 2.75) is 44.1 Å². The number of anilines is 1. The minimum absolute atomic E-state index is 0.00933. The highest BCUT2D eigenvalue weighted by atomic mass is 19.2. The summed E-state index contributed by atoms with van der Waals surface area (Å²) in [6, 6.07) is 2.25. The van der Waals surface area contributed by atoms with Crippen molar-refractivity contribution in [3.8, 4) is 0 Å². The monoisotopic (exact) mass is 466 g/mol. The number of amides is 5. The van der Waals surface area contributed by atoms with Gasteiger partial charge in [0.15, 0.2) is 18.2 Å². The third kappa shape index (κ3) is 6.02. The van der Waals surface area contributed by atoms with E-state index < -0.39 is 54.1 Å². The molecule has 3 N–H and O–H groups in total. The summed E-state index contributed by atoms with van der Waals surface area (Å²) in [5.41, 5.74) is -0.866. The van der Waals surface area contributed by atoms with E-state index in [0.717, 1.165) is 42.4 Å². The van der Waals surface area contributed by atoms with Crippen molar-refractivity contribution < 1.29 is 37.5 Å². The SMILES string of the molecule is O=C(COC(=O)CCN1C(=O)NC2(CCCCC2)C1=O)NCC(=O)Nc1ccc(F)c(F)c1. The van der Waals surface area contributed by atoms with Crippen LogP contribution in [-0.2, 0) is 23.9 Å². The number of nitrogens with one attached hydrogen (secondary N) is 3. The zero-order valence-electron chi connectivity index (χ0n) is 17.7. The quantitative estimate of drug-likeness (QED) is 0.390. The number of imide groups is 1. The van der Waals surface area contributed by atoms with Crippen LogP contribution >= 0.6 is 0 Å². The first-order valence-corrected chi connectivity index (χ1v) is 10.5. The summed E-state index contributed by atoms with van der Waals surface area (Å²) in [4.78, 5) is 61.2. The molecular formula is C21H24F2N4O6. The molecule has 1 saturated heterocycles. The first-order valence-electron chi connectivity index (χ1n) is 10.5. The lowest BCUT2D eigenvalue weighted by Gasteiger charge is -2.30. The van der Waals surface area contributed by atoms with Gasteiger partial charge < -0.3 is 20.7 Å². The average molecular weight is 466 g/mol. The fourth-order valence-corrected chi connectivity index (χ4v) is 3.80. The number of benzene rings is 1. The molecule has 5 amide bonds. The molecule has 10 nitrogen and oxygen atoms in total. The normalized spacial score (nSPS) is 17.0. The molecule has 2 aliphatic rings. The van der Waals surface area contributed by atoms with Crippen molar-refractivity contribution >= 4 is 35.4 Å². The number of hydrogen-bond donors (Lipinski definition) is 3. The highest BCUT2D eigenvalue weighted by Crippen LogP contribution is 2.33. The van der Waals surface area contributed by atoms with Crippen molar-refractivity contribution in [1.29, 1.82) is 0 Å². The average Bonchev–Trinajstić information content (AvgIpc) is 3.01. The van der Waals surface area contributed by atoms with Crippen LogP contribution in [0.3, 0.4) is 0 Å². The van der Waals surface area contributed by atoms with Crippen LogP contribution in [0.5, 0.6) is 0 Å². The largest absolute Gasteiger partial charge is 0.456 e. The smallest absolute Gasteiger partial charge is 0.325 e. The first-order chi connectivity index (χ1) is 15.7. The number of carbonyl (C=O) groups excluding carboxylic acids is 5. The molecule has 1 saturated carbocycles. The Balaban J connectivity index is 1.35. The molecule has 1 heterocycles. The fourth-order valence-electron chi connectivity index (χ4n) is 3.80. The lowest BCUT2D eigenvalue weighted by Crippen LogP contribution is -2.48. The molecule has 178 valence electrons. The van der Waals surface area contributed by atoms with Crippen molar-refractivity contribution in [3.63, 3.8) is 0 Å². The van der Waals surface area contributed by atoms with E-state index in [-0.39, 0.29) is 24.6 Å². The van der Waals surface area contributed by atoms with Gasteiger partial charge in [0.25, 0.3) is 11.8 Å². The van der Waals surface area contributed by atoms with Crippen LogP contribution in [0, 0.1) is 11.6 Å². The van der Waals surface area contributed by atoms with E-state index >= 15 is 0 Å². The number of carbonyl (C=O) groups is 5. The van der Waals surface area contributed by atoms with Gasteiger partial charge in [0.1, 0.15) is 5.54 Å². The molecule has 0 bridgehead atoms. The van der Waals surface area contributed by atoms with Gasteiger partial charge >= 0.3 is 12.0 Å². The summed E-state index contributed by atoms with van der Waals surface area (Å²) in [5.74, 6) is -4.79. The van der Waals surface area contributed by atoms with Gasteiger partial charge in [-0.25, -0.2) is 13.6 Å². The zero-order chi connectivity index (χ0) is 24.0. The Hall–Kier alpha value is -3.57. The third-order valence-corrected chi connectivity index (χ3v) is 5.51. The van der Waals surface area contributed by atoms with E-state index in [1.807, 2.05) is 0 Å². The standard InChI is InChI=1S/C21H24F2N4O6/c22-14-5-4-13(10-15(14)23)25-16(28)11-24-17(29)12-33-18(30)6-9-27-19(31)21(26-20(27)32)7-2-1-3-8-21/h4-5,10H,1-3,6-9,11-12H2,(H,24,29)(H,25,28)(H,26,32). The molecule has 0 unspecified atom stereocenters. The lowest BCUT2D eigenvalue weighted by molar-refractivity contribution is -0.149. The highest BCUT2D eigenvalue weighted by molar-refractivity contribution is 6.07. The van der Waals surface area contributed by atoms with Gasteiger partial charge in [-0.1, -0.05) is 19.3 Å². The maximum absolute atomic E-state index is 13.1. The second-order valence-corrected chi connectivity index (χ2v) is 7.89. The lowest BCUT2D eigenvalue weighted by atomic mass is 9.82. The Bertz CT molecular complexity index is 964. The predicted octanol–water partition coefficient (Wildman–Crippen LogP) is 1.21.